The summed E-state index contributed by atoms with van der Waals surface area (Å²) in [6.07, 6.45) is 7.84. The molecule has 1 saturated heterocycles. The van der Waals surface area contributed by atoms with Gasteiger partial charge in [0.2, 0.25) is 0 Å². The monoisotopic (exact) mass is 549 g/mol. The second-order valence-corrected chi connectivity index (χ2v) is 13.3. The van der Waals surface area contributed by atoms with E-state index < -0.39 is 5.60 Å². The van der Waals surface area contributed by atoms with Gasteiger partial charge in [0, 0.05) is 55.7 Å². The number of carbonyl (C=O) groups excluding carboxylic acids is 1. The molecule has 2 aliphatic rings. The molecule has 0 bridgehead atoms. The average Bonchev–Trinajstić information content (AvgIpc) is 2.85. The summed E-state index contributed by atoms with van der Waals surface area (Å²) >= 11 is 0. The van der Waals surface area contributed by atoms with Crippen LogP contribution in [-0.4, -0.2) is 58.8 Å². The van der Waals surface area contributed by atoms with E-state index in [1.54, 1.807) is 20.8 Å². The Bertz CT molecular complexity index is 1130. The van der Waals surface area contributed by atoms with Gasteiger partial charge < -0.3 is 14.7 Å². The van der Waals surface area contributed by atoms with E-state index in [2.05, 4.69) is 60.1 Å². The van der Waals surface area contributed by atoms with Crippen molar-refractivity contribution in [2.75, 3.05) is 31.1 Å². The number of ether oxygens (including phenoxy) is 1. The van der Waals surface area contributed by atoms with Gasteiger partial charge in [-0.3, -0.25) is 14.7 Å². The lowest BCUT2D eigenvalue weighted by molar-refractivity contribution is -0.146. The number of aliphatic hydroxyl groups is 1. The number of piperidine rings is 1. The summed E-state index contributed by atoms with van der Waals surface area (Å²) in [4.78, 5) is 22.5. The molecule has 3 heterocycles. The van der Waals surface area contributed by atoms with Crippen LogP contribution in [0.25, 0.3) is 5.57 Å². The van der Waals surface area contributed by atoms with Crippen LogP contribution in [0.15, 0.2) is 42.6 Å². The molecular weight excluding hydrogens is 498 g/mol. The molecule has 2 aromatic rings. The third kappa shape index (κ3) is 10.0. The predicted molar refractivity (Wildman–Crippen MR) is 165 cm³/mol. The molecule has 1 aromatic carbocycles. The van der Waals surface area contributed by atoms with Gasteiger partial charge in [0.25, 0.3) is 0 Å². The number of anilines is 1. The van der Waals surface area contributed by atoms with Gasteiger partial charge in [0.05, 0.1) is 23.8 Å². The third-order valence-electron chi connectivity index (χ3n) is 7.37. The second-order valence-electron chi connectivity index (χ2n) is 13.3. The number of nitrogens with zero attached hydrogens (tertiary/aromatic N) is 3. The van der Waals surface area contributed by atoms with E-state index >= 15 is 0 Å². The fourth-order valence-electron chi connectivity index (χ4n) is 5.17. The number of pyridine rings is 1. The van der Waals surface area contributed by atoms with Gasteiger partial charge in [-0.2, -0.15) is 0 Å². The van der Waals surface area contributed by atoms with Crippen LogP contribution >= 0.6 is 0 Å². The van der Waals surface area contributed by atoms with Crippen molar-refractivity contribution in [1.82, 2.24) is 9.88 Å². The van der Waals surface area contributed by atoms with E-state index in [0.29, 0.717) is 5.41 Å². The first-order chi connectivity index (χ1) is 18.7. The summed E-state index contributed by atoms with van der Waals surface area (Å²) in [7, 11) is 0. The van der Waals surface area contributed by atoms with E-state index in [1.807, 2.05) is 27.0 Å². The van der Waals surface area contributed by atoms with E-state index in [9.17, 15) is 4.79 Å². The molecule has 6 heteroatoms. The number of esters is 1. The molecule has 0 unspecified atom stereocenters. The topological polar surface area (TPSA) is 65.9 Å². The summed E-state index contributed by atoms with van der Waals surface area (Å²) < 4.78 is 5.53. The van der Waals surface area contributed by atoms with Crippen molar-refractivity contribution in [3.63, 3.8) is 0 Å². The maximum atomic E-state index is 12.7. The average molecular weight is 550 g/mol. The van der Waals surface area contributed by atoms with E-state index in [4.69, 9.17) is 14.8 Å². The van der Waals surface area contributed by atoms with Crippen LogP contribution in [-0.2, 0) is 22.5 Å². The first-order valence-corrected chi connectivity index (χ1v) is 14.8. The number of hydrogen-bond acceptors (Lipinski definition) is 6. The lowest BCUT2D eigenvalue weighted by atomic mass is 9.82. The molecule has 220 valence electrons. The predicted octanol–water partition coefficient (Wildman–Crippen LogP) is 6.58. The summed E-state index contributed by atoms with van der Waals surface area (Å²) in [6.45, 7) is 20.7. The van der Waals surface area contributed by atoms with Crippen molar-refractivity contribution in [3.8, 4) is 0 Å². The van der Waals surface area contributed by atoms with Gasteiger partial charge >= 0.3 is 5.97 Å². The fraction of sp³-hybridized carbons (Fsp3) is 0.588. The van der Waals surface area contributed by atoms with Crippen LogP contribution in [0, 0.1) is 12.3 Å². The van der Waals surface area contributed by atoms with Crippen LogP contribution in [0.3, 0.4) is 0 Å². The number of rotatable bonds is 7. The van der Waals surface area contributed by atoms with Crippen LogP contribution in [0.5, 0.6) is 0 Å². The molecular formula is C34H51N3O3. The Morgan fingerprint density at radius 3 is 2.27 bits per heavy atom. The van der Waals surface area contributed by atoms with Gasteiger partial charge in [-0.1, -0.05) is 50.3 Å². The van der Waals surface area contributed by atoms with Crippen molar-refractivity contribution >= 4 is 17.2 Å². The van der Waals surface area contributed by atoms with Crippen LogP contribution < -0.4 is 4.90 Å². The minimum Gasteiger partial charge on any atom is -0.463 e. The third-order valence-corrected chi connectivity index (χ3v) is 7.37. The zero-order valence-electron chi connectivity index (χ0n) is 26.1. The normalized spacial score (nSPS) is 17.6. The fourth-order valence-corrected chi connectivity index (χ4v) is 5.17. The van der Waals surface area contributed by atoms with E-state index in [0.717, 1.165) is 63.2 Å². The quantitative estimate of drug-likeness (QED) is 0.394. The Kier molecular flexibility index (Phi) is 11.0. The van der Waals surface area contributed by atoms with Crippen molar-refractivity contribution in [2.24, 2.45) is 5.41 Å². The molecule has 2 aliphatic heterocycles. The Morgan fingerprint density at radius 2 is 1.73 bits per heavy atom. The standard InChI is InChI=1S/C30H41N3O2.C4H10O/c1-22(2)35-28(34)19-26-23(3)31-20-27(29(26)33-17-13-30(4,5)14-18-33)25-11-15-32(16-12-25)21-24-9-7-6-8-10-24;1-4(2,3)5/h6-11,20,22H,12-19,21H2,1-5H3;5H,1-3H3. The molecule has 0 radical (unpaired) electrons. The molecule has 0 spiro atoms. The molecule has 0 atom stereocenters. The Labute approximate surface area is 242 Å². The second kappa shape index (κ2) is 13.8. The highest BCUT2D eigenvalue weighted by molar-refractivity contribution is 5.83. The summed E-state index contributed by atoms with van der Waals surface area (Å²) in [5.41, 5.74) is 6.91. The lowest BCUT2D eigenvalue weighted by Crippen LogP contribution is -2.39. The number of benzene rings is 1. The highest BCUT2D eigenvalue weighted by Gasteiger charge is 2.30. The van der Waals surface area contributed by atoms with Crippen LogP contribution in [0.1, 0.15) is 90.1 Å². The van der Waals surface area contributed by atoms with E-state index in [-0.39, 0.29) is 18.5 Å². The largest absolute Gasteiger partial charge is 0.463 e. The van der Waals surface area contributed by atoms with Gasteiger partial charge in [-0.05, 0) is 77.4 Å². The van der Waals surface area contributed by atoms with Crippen molar-refractivity contribution < 1.29 is 14.6 Å². The van der Waals surface area contributed by atoms with Crippen LogP contribution in [0.2, 0.25) is 0 Å². The highest BCUT2D eigenvalue weighted by atomic mass is 16.5. The van der Waals surface area contributed by atoms with Crippen molar-refractivity contribution in [3.05, 3.63) is 65.0 Å². The number of aryl methyl sites for hydroxylation is 1. The minimum atomic E-state index is -0.500. The first-order valence-electron chi connectivity index (χ1n) is 14.8. The number of aromatic nitrogens is 1. The highest BCUT2D eigenvalue weighted by Crippen LogP contribution is 2.39. The summed E-state index contributed by atoms with van der Waals surface area (Å²) in [6, 6.07) is 10.7. The number of hydrogen-bond donors (Lipinski definition) is 1. The maximum absolute atomic E-state index is 12.7. The molecule has 0 aliphatic carbocycles. The Morgan fingerprint density at radius 1 is 1.10 bits per heavy atom. The van der Waals surface area contributed by atoms with Gasteiger partial charge in [0.15, 0.2) is 0 Å². The zero-order valence-corrected chi connectivity index (χ0v) is 26.1. The molecule has 40 heavy (non-hydrogen) atoms. The molecule has 0 saturated carbocycles. The number of carbonyl (C=O) groups is 1. The van der Waals surface area contributed by atoms with E-state index in [1.165, 1.54) is 22.4 Å². The van der Waals surface area contributed by atoms with Gasteiger partial charge in [-0.15, -0.1) is 0 Å². The first kappa shape index (κ1) is 31.8. The smallest absolute Gasteiger partial charge is 0.310 e. The maximum Gasteiger partial charge on any atom is 0.310 e. The Hall–Kier alpha value is -2.70. The van der Waals surface area contributed by atoms with Gasteiger partial charge in [-0.25, -0.2) is 0 Å². The molecule has 1 aromatic heterocycles. The molecule has 0 amide bonds. The molecule has 1 fully saturated rings. The molecule has 6 nitrogen and oxygen atoms in total. The summed E-state index contributed by atoms with van der Waals surface area (Å²) in [5.74, 6) is -0.174. The Balaban J connectivity index is 0.000000810. The van der Waals surface area contributed by atoms with Crippen molar-refractivity contribution in [1.29, 1.82) is 0 Å². The minimum absolute atomic E-state index is 0.116. The molecule has 4 rings (SSSR count). The van der Waals surface area contributed by atoms with Crippen LogP contribution in [0.4, 0.5) is 5.69 Å². The lowest BCUT2D eigenvalue weighted by Gasteiger charge is -2.40. The van der Waals surface area contributed by atoms with Crippen molar-refractivity contribution in [2.45, 2.75) is 99.3 Å². The SMILES string of the molecule is CC(C)(C)O.Cc1ncc(C2=CCN(Cc3ccccc3)CC2)c(N2CCC(C)(C)CC2)c1CC(=O)OC(C)C. The van der Waals surface area contributed by atoms with Gasteiger partial charge in [0.1, 0.15) is 0 Å². The molecule has 1 N–H and O–H groups in total. The zero-order chi connectivity index (χ0) is 29.5. The summed E-state index contributed by atoms with van der Waals surface area (Å²) in [5, 5.41) is 8.52.